The first kappa shape index (κ1) is 56.0. The number of nitrogens with one attached hydrogen (secondary N) is 1. The number of amides is 5. The van der Waals surface area contributed by atoms with Gasteiger partial charge >= 0.3 is 12.1 Å². The quantitative estimate of drug-likeness (QED) is 0.0583. The molecule has 0 aliphatic heterocycles. The maximum atomic E-state index is 13.6. The van der Waals surface area contributed by atoms with Crippen molar-refractivity contribution >= 4 is 51.4 Å². The molecule has 0 aromatic heterocycles. The van der Waals surface area contributed by atoms with Crippen LogP contribution in [0.5, 0.6) is 0 Å². The summed E-state index contributed by atoms with van der Waals surface area (Å²) in [5.74, 6) is -4.20. The van der Waals surface area contributed by atoms with Crippen LogP contribution in [0.2, 0.25) is 0 Å². The highest BCUT2D eigenvalue weighted by atomic mass is 32.2. The predicted octanol–water partition coefficient (Wildman–Crippen LogP) is 2.85. The van der Waals surface area contributed by atoms with Crippen LogP contribution < -0.4 is 5.32 Å². The molecule has 0 unspecified atom stereocenters. The SMILES string of the molecule is C=CCN(OCC(=O)N(CCC)OCC(=O)N(Cc1ccccc1)OCC(=O)OC(C)(C)C)C(=O)CON(C)C(=O)CON(CCNC(=O)OC(C)(C)C)S(=O)(=O)c1ccccc1[N+](=O)[O-]. The molecular formula is C41H59N7O17S. The third-order valence-electron chi connectivity index (χ3n) is 7.81. The Hall–Kier alpha value is -6.09. The van der Waals surface area contributed by atoms with Crippen molar-refractivity contribution in [2.45, 2.75) is 77.5 Å². The number of likely N-dealkylation sites (N-methyl/N-ethyl adjacent to an activating group) is 1. The van der Waals surface area contributed by atoms with Gasteiger partial charge in [-0.15, -0.1) is 6.58 Å². The van der Waals surface area contributed by atoms with Crippen molar-refractivity contribution in [3.8, 4) is 0 Å². The zero-order chi connectivity index (χ0) is 49.7. The second-order valence-corrected chi connectivity index (χ2v) is 17.5. The van der Waals surface area contributed by atoms with Gasteiger partial charge in [0.1, 0.15) is 11.2 Å². The highest BCUT2D eigenvalue weighted by molar-refractivity contribution is 7.89. The molecule has 0 saturated carbocycles. The minimum absolute atomic E-state index is 0.00163. The van der Waals surface area contributed by atoms with Gasteiger partial charge in [0.05, 0.1) is 24.6 Å². The highest BCUT2D eigenvalue weighted by Crippen LogP contribution is 2.26. The second kappa shape index (κ2) is 26.8. The Balaban J connectivity index is 2.06. The van der Waals surface area contributed by atoms with E-state index in [1.807, 2.05) is 0 Å². The van der Waals surface area contributed by atoms with E-state index >= 15 is 0 Å². The molecule has 366 valence electrons. The minimum atomic E-state index is -4.83. The van der Waals surface area contributed by atoms with Crippen LogP contribution in [0.3, 0.4) is 0 Å². The number of hydrogen-bond donors (Lipinski definition) is 1. The molecule has 5 amide bonds. The lowest BCUT2D eigenvalue weighted by Crippen LogP contribution is -2.44. The Kier molecular flexibility index (Phi) is 22.7. The van der Waals surface area contributed by atoms with Crippen LogP contribution in [0.15, 0.2) is 72.1 Å². The average Bonchev–Trinajstić information content (AvgIpc) is 3.24. The van der Waals surface area contributed by atoms with Gasteiger partial charge in [-0.25, -0.2) is 38.3 Å². The summed E-state index contributed by atoms with van der Waals surface area (Å²) in [6.07, 6.45) is 0.754. The van der Waals surface area contributed by atoms with Gasteiger partial charge in [-0.05, 0) is 59.6 Å². The van der Waals surface area contributed by atoms with Crippen LogP contribution in [0.1, 0.15) is 60.5 Å². The summed E-state index contributed by atoms with van der Waals surface area (Å²) in [6.45, 7) is 9.83. The molecule has 0 radical (unpaired) electrons. The standard InChI is InChI=1S/C41H59N7O17S/c1-10-22-44(60-28-36(51)45(23-11-2)61-29-37(52)46(25-31-17-13-12-14-18-31)62-30-38(53)64-40(3,4)5)35(50)27-59-43(9)34(49)26-63-47(24-21-42-39(54)65-41(6,7)8)66(57,58)33-20-16-15-19-32(33)48(55)56/h10,12-20H,1,11,21-30H2,2-9H3,(H,42,54). The van der Waals surface area contributed by atoms with Gasteiger partial charge in [-0.3, -0.25) is 53.5 Å². The molecule has 2 aromatic rings. The topological polar surface area (TPSA) is 273 Å². The predicted molar refractivity (Wildman–Crippen MR) is 231 cm³/mol. The molecular weight excluding hydrogens is 895 g/mol. The molecule has 24 nitrogen and oxygen atoms in total. The van der Waals surface area contributed by atoms with Crippen molar-refractivity contribution < 1.29 is 75.8 Å². The number of carbonyl (C=O) groups is 6. The van der Waals surface area contributed by atoms with Gasteiger partial charge in [-0.1, -0.05) is 59.9 Å². The third-order valence-corrected chi connectivity index (χ3v) is 9.53. The van der Waals surface area contributed by atoms with Gasteiger partial charge < -0.3 is 14.8 Å². The number of nitro benzene ring substituents is 1. The average molecular weight is 954 g/mol. The van der Waals surface area contributed by atoms with Crippen molar-refractivity contribution in [3.05, 3.63) is 82.9 Å². The summed E-state index contributed by atoms with van der Waals surface area (Å²) in [7, 11) is -3.75. The van der Waals surface area contributed by atoms with E-state index in [0.717, 1.165) is 29.3 Å². The fourth-order valence-electron chi connectivity index (χ4n) is 4.94. The first-order chi connectivity index (χ1) is 30.9. The van der Waals surface area contributed by atoms with E-state index in [1.165, 1.54) is 18.2 Å². The van der Waals surface area contributed by atoms with Gasteiger partial charge in [0, 0.05) is 26.2 Å². The fourth-order valence-corrected chi connectivity index (χ4v) is 6.34. The van der Waals surface area contributed by atoms with E-state index in [1.54, 1.807) is 78.8 Å². The normalized spacial score (nSPS) is 11.6. The first-order valence-electron chi connectivity index (χ1n) is 20.3. The van der Waals surface area contributed by atoms with Crippen LogP contribution in [-0.4, -0.2) is 151 Å². The van der Waals surface area contributed by atoms with Crippen LogP contribution in [0.25, 0.3) is 0 Å². The minimum Gasteiger partial charge on any atom is -0.458 e. The number of benzene rings is 2. The Bertz CT molecular complexity index is 2080. The third kappa shape index (κ3) is 20.4. The van der Waals surface area contributed by atoms with Crippen molar-refractivity contribution in [1.29, 1.82) is 0 Å². The maximum Gasteiger partial charge on any atom is 0.407 e. The molecule has 2 rings (SSSR count). The van der Waals surface area contributed by atoms with Crippen LogP contribution in [-0.2, 0) is 74.2 Å². The number of hydrogen-bond acceptors (Lipinski definition) is 17. The number of nitrogens with zero attached hydrogens (tertiary/aromatic N) is 6. The smallest absolute Gasteiger partial charge is 0.407 e. The zero-order valence-electron chi connectivity index (χ0n) is 38.3. The van der Waals surface area contributed by atoms with E-state index in [-0.39, 0.29) is 24.1 Å². The van der Waals surface area contributed by atoms with Gasteiger partial charge in [-0.2, -0.15) is 0 Å². The molecule has 0 aliphatic carbocycles. The Labute approximate surface area is 383 Å². The largest absolute Gasteiger partial charge is 0.458 e. The second-order valence-electron chi connectivity index (χ2n) is 15.7. The molecule has 66 heavy (non-hydrogen) atoms. The van der Waals surface area contributed by atoms with E-state index in [2.05, 4.69) is 11.9 Å². The van der Waals surface area contributed by atoms with Crippen molar-refractivity contribution in [3.63, 3.8) is 0 Å². The molecule has 0 atom stereocenters. The number of para-hydroxylation sites is 1. The molecule has 0 bridgehead atoms. The van der Waals surface area contributed by atoms with Crippen LogP contribution in [0.4, 0.5) is 10.5 Å². The molecule has 1 N–H and O–H groups in total. The lowest BCUT2D eigenvalue weighted by molar-refractivity contribution is -0.387. The van der Waals surface area contributed by atoms with Crippen LogP contribution >= 0.6 is 0 Å². The molecule has 0 saturated heterocycles. The number of carbonyl (C=O) groups excluding carboxylic acids is 6. The van der Waals surface area contributed by atoms with Crippen molar-refractivity contribution in [1.82, 2.24) is 30.0 Å². The van der Waals surface area contributed by atoms with E-state index in [9.17, 15) is 47.3 Å². The number of sulfonamides is 1. The summed E-state index contributed by atoms with van der Waals surface area (Å²) in [5.41, 5.74) is -1.79. The number of nitro groups is 1. The van der Waals surface area contributed by atoms with Gasteiger partial charge in [0.15, 0.2) is 37.9 Å². The Morgan fingerprint density at radius 2 is 1.24 bits per heavy atom. The number of esters is 1. The number of ether oxygens (including phenoxy) is 2. The summed E-state index contributed by atoms with van der Waals surface area (Å²) < 4.78 is 37.8. The lowest BCUT2D eigenvalue weighted by Gasteiger charge is -2.26. The van der Waals surface area contributed by atoms with Crippen LogP contribution in [0, 0.1) is 10.1 Å². The summed E-state index contributed by atoms with van der Waals surface area (Å²) in [5, 5.41) is 17.0. The van der Waals surface area contributed by atoms with Crippen molar-refractivity contribution in [2.75, 3.05) is 66.3 Å². The maximum absolute atomic E-state index is 13.6. The number of rotatable bonds is 27. The molecule has 0 heterocycles. The van der Waals surface area contributed by atoms with Gasteiger partial charge in [0.2, 0.25) is 0 Å². The number of hydroxylamine groups is 9. The Morgan fingerprint density at radius 3 is 1.83 bits per heavy atom. The Morgan fingerprint density at radius 1 is 0.712 bits per heavy atom. The number of alkyl carbamates (subject to hydrolysis) is 1. The lowest BCUT2D eigenvalue weighted by atomic mass is 10.2. The van der Waals surface area contributed by atoms with Crippen molar-refractivity contribution in [2.24, 2.45) is 0 Å². The first-order valence-corrected chi connectivity index (χ1v) is 21.7. The zero-order valence-corrected chi connectivity index (χ0v) is 39.1. The summed E-state index contributed by atoms with van der Waals surface area (Å²) >= 11 is 0. The molecule has 0 fully saturated rings. The highest BCUT2D eigenvalue weighted by Gasteiger charge is 2.34. The van der Waals surface area contributed by atoms with Gasteiger partial charge in [0.25, 0.3) is 39.3 Å². The monoisotopic (exact) mass is 953 g/mol. The van der Waals surface area contributed by atoms with E-state index in [0.29, 0.717) is 22.1 Å². The molecule has 0 spiro atoms. The summed E-state index contributed by atoms with van der Waals surface area (Å²) in [4.78, 5) is 114. The summed E-state index contributed by atoms with van der Waals surface area (Å²) in [6, 6.07) is 13.2. The van der Waals surface area contributed by atoms with E-state index in [4.69, 9.17) is 33.7 Å². The molecule has 25 heteroatoms. The molecule has 2 aromatic carbocycles. The molecule has 0 aliphatic rings. The van der Waals surface area contributed by atoms with E-state index < -0.39 is 119 Å². The fraction of sp³-hybridized carbons (Fsp3) is 0.512.